The molecule has 4 nitrogen and oxygen atoms in total. The number of nitrogens with two attached hydrogens (primary N) is 1. The summed E-state index contributed by atoms with van der Waals surface area (Å²) in [6.45, 7) is 1.97. The molecular formula is C15H16N2O2S. The lowest BCUT2D eigenvalue weighted by atomic mass is 10.1. The number of thioether (sulfide) groups is 1. The molecular weight excluding hydrogens is 272 g/mol. The molecule has 0 atom stereocenters. The molecule has 0 spiro atoms. The van der Waals surface area contributed by atoms with Crippen LogP contribution in [0, 0.1) is 6.92 Å². The Hall–Kier alpha value is -2.14. The highest BCUT2D eigenvalue weighted by atomic mass is 32.2. The lowest BCUT2D eigenvalue weighted by molar-refractivity contribution is 0.318. The number of amidine groups is 1. The van der Waals surface area contributed by atoms with Crippen molar-refractivity contribution in [3.8, 4) is 11.5 Å². The van der Waals surface area contributed by atoms with Gasteiger partial charge in [-0.05, 0) is 36.9 Å². The van der Waals surface area contributed by atoms with E-state index in [4.69, 9.17) is 15.7 Å². The highest BCUT2D eigenvalue weighted by Gasteiger charge is 2.14. The van der Waals surface area contributed by atoms with Crippen molar-refractivity contribution in [2.75, 3.05) is 6.26 Å². The van der Waals surface area contributed by atoms with E-state index in [9.17, 15) is 0 Å². The van der Waals surface area contributed by atoms with Gasteiger partial charge in [-0.25, -0.2) is 0 Å². The van der Waals surface area contributed by atoms with Crippen LogP contribution in [0.25, 0.3) is 0 Å². The zero-order chi connectivity index (χ0) is 14.5. The SMILES string of the molecule is CSc1cccc(Oc2ccccc2C)c1/C(N)=N/O. The fraction of sp³-hybridized carbons (Fsp3) is 0.133. The average molecular weight is 288 g/mol. The van der Waals surface area contributed by atoms with E-state index < -0.39 is 0 Å². The molecule has 20 heavy (non-hydrogen) atoms. The third-order valence-electron chi connectivity index (χ3n) is 2.89. The molecule has 5 heteroatoms. The fourth-order valence-electron chi connectivity index (χ4n) is 1.86. The number of nitrogens with zero attached hydrogens (tertiary/aromatic N) is 1. The normalized spacial score (nSPS) is 11.4. The molecule has 0 radical (unpaired) electrons. The van der Waals surface area contributed by atoms with Gasteiger partial charge in [0.1, 0.15) is 11.5 Å². The Morgan fingerprint density at radius 3 is 2.50 bits per heavy atom. The molecule has 0 saturated carbocycles. The molecule has 0 aliphatic rings. The second-order valence-electron chi connectivity index (χ2n) is 4.19. The zero-order valence-corrected chi connectivity index (χ0v) is 12.1. The molecule has 2 aromatic carbocycles. The van der Waals surface area contributed by atoms with Crippen LogP contribution in [0.3, 0.4) is 0 Å². The van der Waals surface area contributed by atoms with E-state index in [1.807, 2.05) is 49.6 Å². The quantitative estimate of drug-likeness (QED) is 0.296. The lowest BCUT2D eigenvalue weighted by Gasteiger charge is -2.14. The van der Waals surface area contributed by atoms with Gasteiger partial charge in [0.2, 0.25) is 0 Å². The Balaban J connectivity index is 2.49. The van der Waals surface area contributed by atoms with Crippen LogP contribution in [0.2, 0.25) is 0 Å². The minimum atomic E-state index is 0.0403. The van der Waals surface area contributed by atoms with Crippen molar-refractivity contribution in [1.29, 1.82) is 0 Å². The smallest absolute Gasteiger partial charge is 0.175 e. The van der Waals surface area contributed by atoms with E-state index in [2.05, 4.69) is 5.16 Å². The van der Waals surface area contributed by atoms with Crippen molar-refractivity contribution in [3.05, 3.63) is 53.6 Å². The largest absolute Gasteiger partial charge is 0.456 e. The van der Waals surface area contributed by atoms with Gasteiger partial charge in [-0.15, -0.1) is 11.8 Å². The Labute approximate surface area is 122 Å². The van der Waals surface area contributed by atoms with Crippen molar-refractivity contribution in [3.63, 3.8) is 0 Å². The number of hydrogen-bond donors (Lipinski definition) is 2. The summed E-state index contributed by atoms with van der Waals surface area (Å²) in [6.07, 6.45) is 1.93. The molecule has 104 valence electrons. The summed E-state index contributed by atoms with van der Waals surface area (Å²) in [6, 6.07) is 13.3. The summed E-state index contributed by atoms with van der Waals surface area (Å²) >= 11 is 1.52. The Morgan fingerprint density at radius 1 is 1.15 bits per heavy atom. The number of hydrogen-bond acceptors (Lipinski definition) is 4. The molecule has 0 aromatic heterocycles. The summed E-state index contributed by atoms with van der Waals surface area (Å²) in [5.74, 6) is 1.36. The lowest BCUT2D eigenvalue weighted by Crippen LogP contribution is -2.15. The Kier molecular flexibility index (Phi) is 4.53. The van der Waals surface area contributed by atoms with Crippen molar-refractivity contribution < 1.29 is 9.94 Å². The van der Waals surface area contributed by atoms with Gasteiger partial charge in [-0.3, -0.25) is 0 Å². The van der Waals surface area contributed by atoms with Gasteiger partial charge in [0, 0.05) is 4.90 Å². The van der Waals surface area contributed by atoms with Gasteiger partial charge in [-0.1, -0.05) is 29.4 Å². The molecule has 2 rings (SSSR count). The topological polar surface area (TPSA) is 67.8 Å². The maximum absolute atomic E-state index is 8.95. The number of aryl methyl sites for hydroxylation is 1. The Morgan fingerprint density at radius 2 is 1.85 bits per heavy atom. The molecule has 0 aliphatic carbocycles. The van der Waals surface area contributed by atoms with Crippen molar-refractivity contribution in [1.82, 2.24) is 0 Å². The molecule has 0 aliphatic heterocycles. The molecule has 0 fully saturated rings. The van der Waals surface area contributed by atoms with Crippen LogP contribution in [-0.2, 0) is 0 Å². The number of ether oxygens (including phenoxy) is 1. The van der Waals surface area contributed by atoms with Crippen LogP contribution >= 0.6 is 11.8 Å². The van der Waals surface area contributed by atoms with Crippen LogP contribution in [0.4, 0.5) is 0 Å². The Bertz CT molecular complexity index is 642. The molecule has 2 aromatic rings. The van der Waals surface area contributed by atoms with Crippen molar-refractivity contribution in [2.45, 2.75) is 11.8 Å². The van der Waals surface area contributed by atoms with Crippen LogP contribution in [-0.4, -0.2) is 17.3 Å². The second kappa shape index (κ2) is 6.34. The first kappa shape index (κ1) is 14.3. The summed E-state index contributed by atoms with van der Waals surface area (Å²) < 4.78 is 5.92. The minimum Gasteiger partial charge on any atom is -0.456 e. The highest BCUT2D eigenvalue weighted by Crippen LogP contribution is 2.33. The standard InChI is InChI=1S/C15H16N2O2S/c1-10-6-3-4-7-11(10)19-12-8-5-9-13(20-2)14(12)15(16)17-18/h3-9,18H,1-2H3,(H2,16,17). The van der Waals surface area contributed by atoms with E-state index in [0.29, 0.717) is 11.3 Å². The predicted molar refractivity (Wildman–Crippen MR) is 82.0 cm³/mol. The number of oxime groups is 1. The number of rotatable bonds is 4. The van der Waals surface area contributed by atoms with Gasteiger partial charge in [0.15, 0.2) is 5.84 Å². The maximum Gasteiger partial charge on any atom is 0.175 e. The molecule has 3 N–H and O–H groups in total. The van der Waals surface area contributed by atoms with Gasteiger partial charge in [0.05, 0.1) is 5.56 Å². The summed E-state index contributed by atoms with van der Waals surface area (Å²) in [5.41, 5.74) is 7.39. The van der Waals surface area contributed by atoms with Crippen LogP contribution < -0.4 is 10.5 Å². The van der Waals surface area contributed by atoms with Gasteiger partial charge in [-0.2, -0.15) is 0 Å². The fourth-order valence-corrected chi connectivity index (χ4v) is 2.48. The first-order chi connectivity index (χ1) is 9.67. The third kappa shape index (κ3) is 2.88. The van der Waals surface area contributed by atoms with E-state index >= 15 is 0 Å². The van der Waals surface area contributed by atoms with E-state index in [-0.39, 0.29) is 5.84 Å². The maximum atomic E-state index is 8.95. The second-order valence-corrected chi connectivity index (χ2v) is 5.03. The summed E-state index contributed by atoms with van der Waals surface area (Å²) in [7, 11) is 0. The molecule has 0 bridgehead atoms. The van der Waals surface area contributed by atoms with E-state index in [1.54, 1.807) is 6.07 Å². The van der Waals surface area contributed by atoms with Crippen molar-refractivity contribution in [2.24, 2.45) is 10.9 Å². The summed E-state index contributed by atoms with van der Waals surface area (Å²) in [5, 5.41) is 12.0. The zero-order valence-electron chi connectivity index (χ0n) is 11.3. The van der Waals surface area contributed by atoms with Gasteiger partial charge >= 0.3 is 0 Å². The number of benzene rings is 2. The third-order valence-corrected chi connectivity index (χ3v) is 3.67. The predicted octanol–water partition coefficient (Wildman–Crippen LogP) is 3.60. The van der Waals surface area contributed by atoms with Crippen molar-refractivity contribution >= 4 is 17.6 Å². The van der Waals surface area contributed by atoms with Gasteiger partial charge < -0.3 is 15.7 Å². The molecule has 0 unspecified atom stereocenters. The molecule has 0 amide bonds. The molecule has 0 heterocycles. The highest BCUT2D eigenvalue weighted by molar-refractivity contribution is 7.98. The number of para-hydroxylation sites is 1. The first-order valence-corrected chi connectivity index (χ1v) is 7.28. The van der Waals surface area contributed by atoms with Crippen LogP contribution in [0.1, 0.15) is 11.1 Å². The van der Waals surface area contributed by atoms with Crippen LogP contribution in [0.15, 0.2) is 52.5 Å². The summed E-state index contributed by atoms with van der Waals surface area (Å²) in [4.78, 5) is 0.895. The average Bonchev–Trinajstić information content (AvgIpc) is 2.48. The van der Waals surface area contributed by atoms with E-state index in [1.165, 1.54) is 11.8 Å². The van der Waals surface area contributed by atoms with E-state index in [0.717, 1.165) is 16.2 Å². The van der Waals surface area contributed by atoms with Crippen LogP contribution in [0.5, 0.6) is 11.5 Å². The monoisotopic (exact) mass is 288 g/mol. The minimum absolute atomic E-state index is 0.0403. The molecule has 0 saturated heterocycles. The first-order valence-electron chi connectivity index (χ1n) is 6.05. The van der Waals surface area contributed by atoms with Gasteiger partial charge in [0.25, 0.3) is 0 Å².